The number of nitrogens with zero attached hydrogens (tertiary/aromatic N) is 3. The Morgan fingerprint density at radius 3 is 2.39 bits per heavy atom. The van der Waals surface area contributed by atoms with Crippen molar-refractivity contribution >= 4 is 17.3 Å². The highest BCUT2D eigenvalue weighted by atomic mass is 15.2. The van der Waals surface area contributed by atoms with Crippen molar-refractivity contribution in [1.29, 1.82) is 0 Å². The summed E-state index contributed by atoms with van der Waals surface area (Å²) >= 11 is 0. The molecule has 1 N–H and O–H groups in total. The summed E-state index contributed by atoms with van der Waals surface area (Å²) in [5.41, 5.74) is 6.86. The van der Waals surface area contributed by atoms with Crippen molar-refractivity contribution in [1.82, 2.24) is 14.4 Å². The number of nitrogens with one attached hydrogen (secondary N) is 1. The van der Waals surface area contributed by atoms with Crippen LogP contribution < -0.4 is 5.32 Å². The van der Waals surface area contributed by atoms with E-state index in [0.29, 0.717) is 0 Å². The average Bonchev–Trinajstić information content (AvgIpc) is 2.81. The first-order valence-electron chi connectivity index (χ1n) is 8.20. The van der Waals surface area contributed by atoms with Crippen LogP contribution in [0.5, 0.6) is 0 Å². The van der Waals surface area contributed by atoms with Gasteiger partial charge in [0.05, 0.1) is 5.69 Å². The summed E-state index contributed by atoms with van der Waals surface area (Å²) in [5, 5.41) is 3.64. The predicted octanol–water partition coefficient (Wildman–Crippen LogP) is 4.66. The normalized spacial score (nSPS) is 11.2. The van der Waals surface area contributed by atoms with Gasteiger partial charge in [0.15, 0.2) is 0 Å². The van der Waals surface area contributed by atoms with E-state index in [0.717, 1.165) is 47.2 Å². The molecule has 0 fully saturated rings. The van der Waals surface area contributed by atoms with Gasteiger partial charge in [-0.15, -0.1) is 0 Å². The highest BCUT2D eigenvalue weighted by molar-refractivity contribution is 5.68. The van der Waals surface area contributed by atoms with E-state index < -0.39 is 0 Å². The highest BCUT2D eigenvalue weighted by Gasteiger charge is 2.16. The van der Waals surface area contributed by atoms with Gasteiger partial charge >= 0.3 is 0 Å². The maximum atomic E-state index is 4.77. The van der Waals surface area contributed by atoms with Crippen molar-refractivity contribution in [2.24, 2.45) is 0 Å². The molecule has 2 heterocycles. The Morgan fingerprint density at radius 2 is 1.74 bits per heavy atom. The topological polar surface area (TPSA) is 42.2 Å². The van der Waals surface area contributed by atoms with Crippen LogP contribution in [0.2, 0.25) is 0 Å². The molecule has 0 bridgehead atoms. The van der Waals surface area contributed by atoms with Gasteiger partial charge in [-0.3, -0.25) is 4.40 Å². The number of fused-ring (bicyclic) bond motifs is 1. The van der Waals surface area contributed by atoms with E-state index in [1.807, 2.05) is 6.92 Å². The molecule has 4 nitrogen and oxygen atoms in total. The molecular weight excluding hydrogens is 284 g/mol. The molecule has 23 heavy (non-hydrogen) atoms. The van der Waals surface area contributed by atoms with Gasteiger partial charge < -0.3 is 5.32 Å². The van der Waals surface area contributed by atoms with Crippen molar-refractivity contribution < 1.29 is 0 Å². The van der Waals surface area contributed by atoms with Gasteiger partial charge in [0.1, 0.15) is 5.82 Å². The Bertz CT molecular complexity index is 841. The third kappa shape index (κ3) is 2.81. The zero-order chi connectivity index (χ0) is 16.6. The Balaban J connectivity index is 2.20. The van der Waals surface area contributed by atoms with Gasteiger partial charge in [0.25, 0.3) is 0 Å². The molecule has 2 aromatic heterocycles. The minimum absolute atomic E-state index is 0.777. The summed E-state index contributed by atoms with van der Waals surface area (Å²) in [6.45, 7) is 10.6. The highest BCUT2D eigenvalue weighted by Crippen LogP contribution is 2.28. The van der Waals surface area contributed by atoms with Crippen LogP contribution in [0.4, 0.5) is 11.5 Å². The fourth-order valence-electron chi connectivity index (χ4n) is 3.09. The van der Waals surface area contributed by atoms with Gasteiger partial charge in [-0.05, 0) is 51.3 Å². The average molecular weight is 308 g/mol. The van der Waals surface area contributed by atoms with Crippen molar-refractivity contribution in [3.8, 4) is 0 Å². The van der Waals surface area contributed by atoms with E-state index in [-0.39, 0.29) is 0 Å². The van der Waals surface area contributed by atoms with Crippen molar-refractivity contribution in [2.45, 2.75) is 47.5 Å². The zero-order valence-corrected chi connectivity index (χ0v) is 14.6. The van der Waals surface area contributed by atoms with Gasteiger partial charge in [-0.25, -0.2) is 9.97 Å². The molecule has 0 aliphatic heterocycles. The molecule has 120 valence electrons. The number of aryl methyl sites for hydroxylation is 5. The largest absolute Gasteiger partial charge is 0.339 e. The van der Waals surface area contributed by atoms with E-state index in [9.17, 15) is 0 Å². The number of hydrogen-bond acceptors (Lipinski definition) is 3. The first-order chi connectivity index (χ1) is 11.0. The van der Waals surface area contributed by atoms with Crippen LogP contribution in [0.15, 0.2) is 24.3 Å². The Hall–Kier alpha value is -2.36. The van der Waals surface area contributed by atoms with Crippen LogP contribution in [0.1, 0.15) is 41.6 Å². The third-order valence-electron chi connectivity index (χ3n) is 4.19. The van der Waals surface area contributed by atoms with E-state index in [1.165, 1.54) is 11.1 Å². The molecule has 0 aliphatic carbocycles. The van der Waals surface area contributed by atoms with Crippen LogP contribution in [0.3, 0.4) is 0 Å². The minimum atomic E-state index is 0.777. The van der Waals surface area contributed by atoms with E-state index in [2.05, 4.69) is 66.7 Å². The lowest BCUT2D eigenvalue weighted by Crippen LogP contribution is -2.04. The summed E-state index contributed by atoms with van der Waals surface area (Å²) in [6.07, 6.45) is 2.00. The van der Waals surface area contributed by atoms with Crippen LogP contribution in [-0.4, -0.2) is 14.4 Å². The first-order valence-corrected chi connectivity index (χ1v) is 8.20. The van der Waals surface area contributed by atoms with Crippen LogP contribution in [-0.2, 0) is 6.42 Å². The molecular formula is C19H24N4. The second-order valence-electron chi connectivity index (χ2n) is 6.22. The van der Waals surface area contributed by atoms with Crippen LogP contribution >= 0.6 is 0 Å². The standard InChI is InChI=1S/C19H24N4/c1-6-8-16-18(22-17-12(2)9-7-10-13(17)3)23-15(5)11-14(4)20-19(23)21-16/h7,9-11,22H,6,8H2,1-5H3. The SMILES string of the molecule is CCCc1nc2nc(C)cc(C)n2c1Nc1c(C)cccc1C. The van der Waals surface area contributed by atoms with Crippen LogP contribution in [0, 0.1) is 27.7 Å². The molecule has 4 heteroatoms. The summed E-state index contributed by atoms with van der Waals surface area (Å²) in [5.74, 6) is 1.82. The molecule has 0 unspecified atom stereocenters. The van der Waals surface area contributed by atoms with E-state index in [4.69, 9.17) is 4.98 Å². The van der Waals surface area contributed by atoms with Gasteiger partial charge in [0, 0.05) is 17.1 Å². The Labute approximate surface area is 137 Å². The van der Waals surface area contributed by atoms with E-state index >= 15 is 0 Å². The fourth-order valence-corrected chi connectivity index (χ4v) is 3.09. The minimum Gasteiger partial charge on any atom is -0.339 e. The molecule has 0 saturated heterocycles. The zero-order valence-electron chi connectivity index (χ0n) is 14.6. The van der Waals surface area contributed by atoms with Gasteiger partial charge in [0.2, 0.25) is 5.78 Å². The summed E-state index contributed by atoms with van der Waals surface area (Å²) in [7, 11) is 0. The van der Waals surface area contributed by atoms with Crippen molar-refractivity contribution in [2.75, 3.05) is 5.32 Å². The lowest BCUT2D eigenvalue weighted by atomic mass is 10.1. The van der Waals surface area contributed by atoms with Crippen LogP contribution in [0.25, 0.3) is 5.78 Å². The molecule has 1 aromatic carbocycles. The second kappa shape index (κ2) is 6.03. The van der Waals surface area contributed by atoms with Crippen molar-refractivity contribution in [3.63, 3.8) is 0 Å². The Kier molecular flexibility index (Phi) is 4.07. The molecule has 0 aliphatic rings. The van der Waals surface area contributed by atoms with Gasteiger partial charge in [-0.2, -0.15) is 0 Å². The first kappa shape index (κ1) is 15.5. The molecule has 0 radical (unpaired) electrons. The second-order valence-corrected chi connectivity index (χ2v) is 6.22. The lowest BCUT2D eigenvalue weighted by Gasteiger charge is -2.14. The Morgan fingerprint density at radius 1 is 1.04 bits per heavy atom. The molecule has 3 aromatic rings. The summed E-state index contributed by atoms with van der Waals surface area (Å²) in [4.78, 5) is 9.37. The summed E-state index contributed by atoms with van der Waals surface area (Å²) < 4.78 is 2.13. The smallest absolute Gasteiger partial charge is 0.236 e. The number of aromatic nitrogens is 3. The summed E-state index contributed by atoms with van der Waals surface area (Å²) in [6, 6.07) is 8.45. The third-order valence-corrected chi connectivity index (χ3v) is 4.19. The fraction of sp³-hybridized carbons (Fsp3) is 0.368. The number of rotatable bonds is 4. The molecule has 0 atom stereocenters. The maximum absolute atomic E-state index is 4.77. The lowest BCUT2D eigenvalue weighted by molar-refractivity contribution is 0.895. The number of hydrogen-bond donors (Lipinski definition) is 1. The molecule has 3 rings (SSSR count). The number of para-hydroxylation sites is 1. The molecule has 0 amide bonds. The number of anilines is 2. The monoisotopic (exact) mass is 308 g/mol. The quantitative estimate of drug-likeness (QED) is 0.762. The van der Waals surface area contributed by atoms with Crippen molar-refractivity contribution in [3.05, 3.63) is 52.5 Å². The van der Waals surface area contributed by atoms with Gasteiger partial charge in [-0.1, -0.05) is 31.5 Å². The number of imidazole rings is 1. The van der Waals surface area contributed by atoms with E-state index in [1.54, 1.807) is 0 Å². The number of benzene rings is 1. The maximum Gasteiger partial charge on any atom is 0.236 e. The predicted molar refractivity (Wildman–Crippen MR) is 95.7 cm³/mol. The molecule has 0 saturated carbocycles. The molecule has 0 spiro atoms.